The van der Waals surface area contributed by atoms with Gasteiger partial charge in [-0.15, -0.1) is 11.3 Å². The van der Waals surface area contributed by atoms with Gasteiger partial charge >= 0.3 is 17.8 Å². The Bertz CT molecular complexity index is 1260. The number of carbonyl (C=O) groups is 2. The highest BCUT2D eigenvalue weighted by Gasteiger charge is 2.28. The van der Waals surface area contributed by atoms with E-state index in [1.54, 1.807) is 42.3 Å². The lowest BCUT2D eigenvalue weighted by molar-refractivity contribution is -0.139. The van der Waals surface area contributed by atoms with Gasteiger partial charge in [-0.2, -0.15) is 4.79 Å². The molecule has 0 saturated heterocycles. The fraction of sp³-hybridized carbons (Fsp3) is 0.370. The quantitative estimate of drug-likeness (QED) is 0.156. The number of amides is 1. The first-order chi connectivity index (χ1) is 17.1. The summed E-state index contributed by atoms with van der Waals surface area (Å²) in [6.45, 7) is 7.78. The summed E-state index contributed by atoms with van der Waals surface area (Å²) < 4.78 is 17.0. The molecule has 2 aromatic carbocycles. The molecule has 0 fully saturated rings. The van der Waals surface area contributed by atoms with Crippen LogP contribution in [0.1, 0.15) is 50.7 Å². The SMILES string of the molecule is CCOC(=O)C(=[N+]=[N-])c1ccc(O[C@@H](CCN(C)C(=O)OC(C)(C)C)c2cccs2)c2ccccc12. The van der Waals surface area contributed by atoms with Crippen molar-refractivity contribution in [2.75, 3.05) is 20.2 Å². The summed E-state index contributed by atoms with van der Waals surface area (Å²) in [4.78, 5) is 30.5. The van der Waals surface area contributed by atoms with Crippen LogP contribution in [0, 0.1) is 0 Å². The summed E-state index contributed by atoms with van der Waals surface area (Å²) in [6.07, 6.45) is -0.171. The van der Waals surface area contributed by atoms with Crippen molar-refractivity contribution in [3.8, 4) is 5.75 Å². The fourth-order valence-corrected chi connectivity index (χ4v) is 4.40. The van der Waals surface area contributed by atoms with Gasteiger partial charge in [0.25, 0.3) is 0 Å². The summed E-state index contributed by atoms with van der Waals surface area (Å²) in [6, 6.07) is 14.8. The van der Waals surface area contributed by atoms with E-state index in [0.717, 1.165) is 10.3 Å². The Balaban J connectivity index is 1.90. The summed E-state index contributed by atoms with van der Waals surface area (Å²) in [5.74, 6) is -0.103. The zero-order valence-electron chi connectivity index (χ0n) is 21.2. The lowest BCUT2D eigenvalue weighted by atomic mass is 10.00. The predicted molar refractivity (Wildman–Crippen MR) is 139 cm³/mol. The number of nitrogens with zero attached hydrogens (tertiary/aromatic N) is 3. The molecule has 0 aliphatic carbocycles. The molecular formula is C27H31N3O5S. The number of thiophene rings is 1. The van der Waals surface area contributed by atoms with E-state index in [1.807, 2.05) is 62.5 Å². The second-order valence-corrected chi connectivity index (χ2v) is 10.1. The standard InChI is InChI=1S/C27H31N3O5S/c1-6-33-25(31)24(29-28)20-13-14-21(19-11-8-7-10-18(19)20)34-22(23-12-9-17-36-23)15-16-30(5)26(32)35-27(2,3)4/h7-14,17,22H,6,15-16H2,1-5H3/t22-/m0/s1. The highest BCUT2D eigenvalue weighted by molar-refractivity contribution is 7.10. The first-order valence-electron chi connectivity index (χ1n) is 11.7. The van der Waals surface area contributed by atoms with Crippen LogP contribution >= 0.6 is 11.3 Å². The van der Waals surface area contributed by atoms with E-state index in [9.17, 15) is 15.1 Å². The van der Waals surface area contributed by atoms with Crippen molar-refractivity contribution in [3.05, 3.63) is 69.9 Å². The molecule has 1 heterocycles. The lowest BCUT2D eigenvalue weighted by Gasteiger charge is -2.26. The van der Waals surface area contributed by atoms with Crippen molar-refractivity contribution in [1.82, 2.24) is 4.90 Å². The Kier molecular flexibility index (Phi) is 8.85. The van der Waals surface area contributed by atoms with Gasteiger partial charge < -0.3 is 24.6 Å². The van der Waals surface area contributed by atoms with E-state index in [2.05, 4.69) is 4.79 Å². The monoisotopic (exact) mass is 509 g/mol. The maximum absolute atomic E-state index is 12.4. The number of carbonyl (C=O) groups excluding carboxylic acids is 2. The van der Waals surface area contributed by atoms with Crippen molar-refractivity contribution in [2.24, 2.45) is 0 Å². The molecule has 1 aromatic heterocycles. The van der Waals surface area contributed by atoms with Crippen LogP contribution in [-0.2, 0) is 14.3 Å². The van der Waals surface area contributed by atoms with Crippen molar-refractivity contribution in [1.29, 1.82) is 0 Å². The number of hydrogen-bond acceptors (Lipinski definition) is 6. The van der Waals surface area contributed by atoms with E-state index in [0.29, 0.717) is 29.7 Å². The van der Waals surface area contributed by atoms with Crippen molar-refractivity contribution in [3.63, 3.8) is 0 Å². The molecule has 0 N–H and O–H groups in total. The van der Waals surface area contributed by atoms with Crippen LogP contribution in [0.4, 0.5) is 4.79 Å². The molecule has 0 spiro atoms. The molecule has 0 radical (unpaired) electrons. The first kappa shape index (κ1) is 26.9. The van der Waals surface area contributed by atoms with Crippen LogP contribution in [0.15, 0.2) is 53.9 Å². The van der Waals surface area contributed by atoms with Crippen molar-refractivity contribution < 1.29 is 28.6 Å². The van der Waals surface area contributed by atoms with E-state index in [1.165, 1.54) is 0 Å². The van der Waals surface area contributed by atoms with Crippen LogP contribution in [0.5, 0.6) is 5.75 Å². The number of benzene rings is 2. The molecule has 0 saturated carbocycles. The van der Waals surface area contributed by atoms with Gasteiger partial charge in [-0.05, 0) is 51.3 Å². The zero-order chi connectivity index (χ0) is 26.3. The molecule has 0 unspecified atom stereocenters. The van der Waals surface area contributed by atoms with Gasteiger partial charge in [-0.1, -0.05) is 30.3 Å². The number of rotatable bonds is 9. The molecule has 190 valence electrons. The smallest absolute Gasteiger partial charge is 0.422 e. The third kappa shape index (κ3) is 6.71. The summed E-state index contributed by atoms with van der Waals surface area (Å²) in [5.41, 5.74) is 9.22. The molecule has 3 aromatic rings. The van der Waals surface area contributed by atoms with Crippen molar-refractivity contribution in [2.45, 2.75) is 45.8 Å². The molecule has 1 atom stereocenters. The Morgan fingerprint density at radius 3 is 2.42 bits per heavy atom. The molecule has 9 heteroatoms. The number of esters is 1. The normalized spacial score (nSPS) is 11.9. The topological polar surface area (TPSA) is 101 Å². The molecule has 8 nitrogen and oxygen atoms in total. The van der Waals surface area contributed by atoms with Crippen molar-refractivity contribution >= 4 is 39.9 Å². The number of hydrogen-bond donors (Lipinski definition) is 0. The second kappa shape index (κ2) is 11.8. The van der Waals surface area contributed by atoms with Crippen LogP contribution in [0.2, 0.25) is 0 Å². The highest BCUT2D eigenvalue weighted by atomic mass is 32.1. The molecule has 0 bridgehead atoms. The molecule has 36 heavy (non-hydrogen) atoms. The average Bonchev–Trinajstić information content (AvgIpc) is 3.37. The Morgan fingerprint density at radius 2 is 1.81 bits per heavy atom. The van der Waals surface area contributed by atoms with E-state index in [-0.39, 0.29) is 18.4 Å². The van der Waals surface area contributed by atoms with Crippen LogP contribution in [0.25, 0.3) is 16.3 Å². The maximum Gasteiger partial charge on any atom is 0.422 e. The average molecular weight is 510 g/mol. The molecule has 0 aliphatic heterocycles. The third-order valence-electron chi connectivity index (χ3n) is 5.27. The largest absolute Gasteiger partial charge is 0.484 e. The summed E-state index contributed by atoms with van der Waals surface area (Å²) >= 11 is 1.57. The second-order valence-electron chi connectivity index (χ2n) is 9.14. The Hall–Kier alpha value is -3.68. The summed E-state index contributed by atoms with van der Waals surface area (Å²) in [7, 11) is 1.70. The van der Waals surface area contributed by atoms with Gasteiger partial charge in [0, 0.05) is 35.7 Å². The number of fused-ring (bicyclic) bond motifs is 1. The minimum atomic E-state index is -0.708. The van der Waals surface area contributed by atoms with Crippen LogP contribution < -0.4 is 4.74 Å². The van der Waals surface area contributed by atoms with Gasteiger partial charge in [0.2, 0.25) is 0 Å². The van der Waals surface area contributed by atoms with Gasteiger partial charge in [0.15, 0.2) is 0 Å². The van der Waals surface area contributed by atoms with Gasteiger partial charge in [-0.25, -0.2) is 9.59 Å². The van der Waals surface area contributed by atoms with Crippen LogP contribution in [0.3, 0.4) is 0 Å². The van der Waals surface area contributed by atoms with E-state index < -0.39 is 17.7 Å². The van der Waals surface area contributed by atoms with E-state index in [4.69, 9.17) is 14.2 Å². The maximum atomic E-state index is 12.4. The summed E-state index contributed by atoms with van der Waals surface area (Å²) in [5, 5.41) is 3.42. The van der Waals surface area contributed by atoms with Gasteiger partial charge in [-0.3, -0.25) is 0 Å². The van der Waals surface area contributed by atoms with E-state index >= 15 is 0 Å². The Morgan fingerprint density at radius 1 is 1.08 bits per heavy atom. The Labute approximate surface area is 215 Å². The first-order valence-corrected chi connectivity index (χ1v) is 12.6. The molecule has 1 amide bonds. The van der Waals surface area contributed by atoms with Gasteiger partial charge in [0.05, 0.1) is 12.2 Å². The molecular weight excluding hydrogens is 478 g/mol. The minimum absolute atomic E-state index is 0.164. The highest BCUT2D eigenvalue weighted by Crippen LogP contribution is 2.34. The molecule has 3 rings (SSSR count). The third-order valence-corrected chi connectivity index (χ3v) is 6.23. The predicted octanol–water partition coefficient (Wildman–Crippen LogP) is 5.86. The van der Waals surface area contributed by atoms with Crippen LogP contribution in [-0.4, -0.2) is 53.3 Å². The fourth-order valence-electron chi connectivity index (χ4n) is 3.61. The lowest BCUT2D eigenvalue weighted by Crippen LogP contribution is -2.35. The van der Waals surface area contributed by atoms with Gasteiger partial charge in [0.1, 0.15) is 17.5 Å². The molecule has 0 aliphatic rings. The minimum Gasteiger partial charge on any atom is -0.484 e. The number of ether oxygens (including phenoxy) is 3. The zero-order valence-corrected chi connectivity index (χ0v) is 22.0.